The number of rotatable bonds is 2. The summed E-state index contributed by atoms with van der Waals surface area (Å²) in [7, 11) is 0. The summed E-state index contributed by atoms with van der Waals surface area (Å²) in [6.45, 7) is 3.48. The molecule has 0 aliphatic rings. The Hall–Kier alpha value is -1.65. The molecule has 1 rings (SSSR count). The quantitative estimate of drug-likeness (QED) is 0.632. The second kappa shape index (κ2) is 3.17. The zero-order chi connectivity index (χ0) is 9.14. The van der Waals surface area contributed by atoms with E-state index in [1.54, 1.807) is 13.8 Å². The van der Waals surface area contributed by atoms with E-state index >= 15 is 0 Å². The smallest absolute Gasteiger partial charge is 0.201 e. The average Bonchev–Trinajstić information content (AvgIpc) is 2.09. The van der Waals surface area contributed by atoms with Gasteiger partial charge in [0.1, 0.15) is 0 Å². The van der Waals surface area contributed by atoms with Crippen LogP contribution in [-0.4, -0.2) is 4.98 Å². The summed E-state index contributed by atoms with van der Waals surface area (Å²) >= 11 is 0. The van der Waals surface area contributed by atoms with Crippen LogP contribution < -0.4 is 0 Å². The summed E-state index contributed by atoms with van der Waals surface area (Å²) in [6.07, 6.45) is 0. The molecule has 0 fully saturated rings. The van der Waals surface area contributed by atoms with E-state index in [0.29, 0.717) is 5.56 Å². The highest BCUT2D eigenvalue weighted by atomic mass is 16.3. The Morgan fingerprint density at radius 3 is 2.42 bits per heavy atom. The molecule has 0 bridgehead atoms. The second-order valence-electron chi connectivity index (χ2n) is 2.43. The maximum Gasteiger partial charge on any atom is 0.201 e. The van der Waals surface area contributed by atoms with Crippen molar-refractivity contribution in [1.82, 2.24) is 4.98 Å². The standard InChI is InChI=1S/C7H7N3O2/c1-4-3-6(9-11)8-7(10-12)5(4)2/h3H,1-2H3. The van der Waals surface area contributed by atoms with Gasteiger partial charge in [0.15, 0.2) is 5.82 Å². The van der Waals surface area contributed by atoms with Gasteiger partial charge in [0.05, 0.1) is 0 Å². The fourth-order valence-electron chi connectivity index (χ4n) is 0.839. The number of nitrogens with zero attached hydrogens (tertiary/aromatic N) is 3. The van der Waals surface area contributed by atoms with Gasteiger partial charge in [-0.25, -0.2) is 4.98 Å². The average molecular weight is 165 g/mol. The van der Waals surface area contributed by atoms with Crippen LogP contribution in [0.3, 0.4) is 0 Å². The lowest BCUT2D eigenvalue weighted by Gasteiger charge is -1.99. The molecule has 0 spiro atoms. The summed E-state index contributed by atoms with van der Waals surface area (Å²) in [5.41, 5.74) is 1.46. The first kappa shape index (κ1) is 8.45. The molecule has 5 nitrogen and oxygen atoms in total. The van der Waals surface area contributed by atoms with Crippen LogP contribution in [0.5, 0.6) is 0 Å². The van der Waals surface area contributed by atoms with Crippen molar-refractivity contribution >= 4 is 11.6 Å². The molecule has 0 aromatic carbocycles. The maximum atomic E-state index is 10.2. The van der Waals surface area contributed by atoms with E-state index in [9.17, 15) is 9.81 Å². The highest BCUT2D eigenvalue weighted by Crippen LogP contribution is 2.23. The van der Waals surface area contributed by atoms with Crippen molar-refractivity contribution in [2.75, 3.05) is 0 Å². The summed E-state index contributed by atoms with van der Waals surface area (Å²) < 4.78 is 0. The lowest BCUT2D eigenvalue weighted by molar-refractivity contribution is 1.16. The predicted octanol–water partition coefficient (Wildman–Crippen LogP) is 2.49. The third kappa shape index (κ3) is 1.34. The van der Waals surface area contributed by atoms with Crippen molar-refractivity contribution in [2.45, 2.75) is 13.8 Å². The number of pyridine rings is 1. The molecule has 0 amide bonds. The molecule has 62 valence electrons. The van der Waals surface area contributed by atoms with Crippen LogP contribution in [0, 0.1) is 23.7 Å². The molecule has 0 saturated heterocycles. The Labute approximate surface area is 68.8 Å². The van der Waals surface area contributed by atoms with Crippen molar-refractivity contribution in [3.05, 3.63) is 27.0 Å². The molecule has 0 unspecified atom stereocenters. The van der Waals surface area contributed by atoms with Crippen LogP contribution in [-0.2, 0) is 0 Å². The highest BCUT2D eigenvalue weighted by molar-refractivity contribution is 5.49. The predicted molar refractivity (Wildman–Crippen MR) is 44.6 cm³/mol. The molecule has 1 aromatic rings. The minimum absolute atomic E-state index is 0.00676. The van der Waals surface area contributed by atoms with Gasteiger partial charge in [-0.3, -0.25) is 0 Å². The zero-order valence-electron chi connectivity index (χ0n) is 6.74. The lowest BCUT2D eigenvalue weighted by Crippen LogP contribution is -1.85. The van der Waals surface area contributed by atoms with E-state index in [1.807, 2.05) is 0 Å². The van der Waals surface area contributed by atoms with Crippen LogP contribution in [0.25, 0.3) is 0 Å². The summed E-state index contributed by atoms with van der Waals surface area (Å²) in [4.78, 5) is 23.9. The Morgan fingerprint density at radius 2 is 1.92 bits per heavy atom. The minimum atomic E-state index is -0.00676. The van der Waals surface area contributed by atoms with Gasteiger partial charge in [0, 0.05) is 5.56 Å². The Morgan fingerprint density at radius 1 is 1.25 bits per heavy atom. The normalized spacial score (nSPS) is 9.50. The van der Waals surface area contributed by atoms with E-state index < -0.39 is 0 Å². The molecule has 1 heterocycles. The molecule has 0 N–H and O–H groups in total. The Balaban J connectivity index is 3.37. The third-order valence-corrected chi connectivity index (χ3v) is 1.67. The first-order valence-electron chi connectivity index (χ1n) is 3.34. The van der Waals surface area contributed by atoms with Crippen molar-refractivity contribution in [3.63, 3.8) is 0 Å². The zero-order valence-corrected chi connectivity index (χ0v) is 6.74. The first-order chi connectivity index (χ1) is 5.69. The lowest BCUT2D eigenvalue weighted by atomic mass is 10.1. The molecular formula is C7H7N3O2. The van der Waals surface area contributed by atoms with Gasteiger partial charge in [-0.1, -0.05) is 0 Å². The Bertz CT molecular complexity index is 336. The summed E-state index contributed by atoms with van der Waals surface area (Å²) in [5, 5.41) is 5.30. The molecular weight excluding hydrogens is 158 g/mol. The first-order valence-corrected chi connectivity index (χ1v) is 3.34. The molecule has 1 aromatic heterocycles. The van der Waals surface area contributed by atoms with Crippen LogP contribution in [0.15, 0.2) is 16.4 Å². The largest absolute Gasteiger partial charge is 0.202 e. The number of aryl methyl sites for hydroxylation is 1. The van der Waals surface area contributed by atoms with Crippen molar-refractivity contribution < 1.29 is 0 Å². The number of aromatic nitrogens is 1. The fourth-order valence-corrected chi connectivity index (χ4v) is 0.839. The van der Waals surface area contributed by atoms with E-state index in [4.69, 9.17) is 0 Å². The van der Waals surface area contributed by atoms with Gasteiger partial charge in [-0.15, -0.1) is 9.81 Å². The van der Waals surface area contributed by atoms with E-state index in [2.05, 4.69) is 15.3 Å². The molecule has 0 saturated carbocycles. The van der Waals surface area contributed by atoms with Crippen LogP contribution in [0.4, 0.5) is 11.6 Å². The van der Waals surface area contributed by atoms with Crippen LogP contribution in [0.2, 0.25) is 0 Å². The van der Waals surface area contributed by atoms with Crippen molar-refractivity contribution in [2.24, 2.45) is 10.4 Å². The van der Waals surface area contributed by atoms with Crippen LogP contribution >= 0.6 is 0 Å². The SMILES string of the molecule is Cc1cc(N=O)nc(N=O)c1C. The molecule has 5 heteroatoms. The van der Waals surface area contributed by atoms with E-state index in [0.717, 1.165) is 5.56 Å². The molecule has 0 aliphatic carbocycles. The summed E-state index contributed by atoms with van der Waals surface area (Å²) in [5.74, 6) is 0.0253. The van der Waals surface area contributed by atoms with Crippen molar-refractivity contribution in [3.8, 4) is 0 Å². The van der Waals surface area contributed by atoms with E-state index in [1.165, 1.54) is 6.07 Å². The van der Waals surface area contributed by atoms with Gasteiger partial charge < -0.3 is 0 Å². The maximum absolute atomic E-state index is 10.2. The minimum Gasteiger partial charge on any atom is -0.202 e. The molecule has 12 heavy (non-hydrogen) atoms. The van der Waals surface area contributed by atoms with Gasteiger partial charge in [-0.05, 0) is 35.8 Å². The third-order valence-electron chi connectivity index (χ3n) is 1.67. The molecule has 0 atom stereocenters. The number of nitroso groups, excluding NO2 is 2. The highest BCUT2D eigenvalue weighted by Gasteiger charge is 2.06. The van der Waals surface area contributed by atoms with Gasteiger partial charge in [-0.2, -0.15) is 0 Å². The topological polar surface area (TPSA) is 71.8 Å². The monoisotopic (exact) mass is 165 g/mol. The number of hydrogen-bond acceptors (Lipinski definition) is 5. The van der Waals surface area contributed by atoms with Crippen LogP contribution in [0.1, 0.15) is 11.1 Å². The fraction of sp³-hybridized carbons (Fsp3) is 0.286. The van der Waals surface area contributed by atoms with Gasteiger partial charge in [0.25, 0.3) is 0 Å². The van der Waals surface area contributed by atoms with Crippen molar-refractivity contribution in [1.29, 1.82) is 0 Å². The second-order valence-corrected chi connectivity index (χ2v) is 2.43. The Kier molecular flexibility index (Phi) is 2.23. The van der Waals surface area contributed by atoms with Gasteiger partial charge in [0.2, 0.25) is 5.82 Å². The summed E-state index contributed by atoms with van der Waals surface area (Å²) in [6, 6.07) is 1.51. The van der Waals surface area contributed by atoms with E-state index in [-0.39, 0.29) is 11.6 Å². The molecule has 0 radical (unpaired) electrons. The molecule has 0 aliphatic heterocycles. The number of hydrogen-bond donors (Lipinski definition) is 0. The van der Waals surface area contributed by atoms with Gasteiger partial charge >= 0.3 is 0 Å².